The van der Waals surface area contributed by atoms with E-state index in [9.17, 15) is 4.79 Å². The average Bonchev–Trinajstić information content (AvgIpc) is 2.27. The van der Waals surface area contributed by atoms with Gasteiger partial charge in [-0.25, -0.2) is 0 Å². The number of rotatable bonds is 5. The van der Waals surface area contributed by atoms with Crippen LogP contribution in [0.4, 0.5) is 0 Å². The van der Waals surface area contributed by atoms with Gasteiger partial charge in [0.2, 0.25) is 0 Å². The fourth-order valence-electron chi connectivity index (χ4n) is 1.28. The predicted octanol–water partition coefficient (Wildman–Crippen LogP) is 1.93. The molecule has 1 rings (SSSR count). The second-order valence-electron chi connectivity index (χ2n) is 3.25. The lowest BCUT2D eigenvalue weighted by atomic mass is 10.3. The molecule has 1 aromatic carbocycles. The van der Waals surface area contributed by atoms with Crippen molar-refractivity contribution in [2.24, 2.45) is 0 Å². The van der Waals surface area contributed by atoms with Crippen LogP contribution in [0.25, 0.3) is 0 Å². The van der Waals surface area contributed by atoms with Gasteiger partial charge in [-0.1, -0.05) is 32.0 Å². The van der Waals surface area contributed by atoms with E-state index in [1.54, 1.807) is 12.1 Å². The highest BCUT2D eigenvalue weighted by atomic mass is 16.5. The molecule has 0 fully saturated rings. The molecule has 0 aliphatic rings. The minimum Gasteiger partial charge on any atom is -0.426 e. The van der Waals surface area contributed by atoms with E-state index in [4.69, 9.17) is 4.74 Å². The molecule has 1 aromatic rings. The van der Waals surface area contributed by atoms with Gasteiger partial charge in [-0.15, -0.1) is 0 Å². The molecule has 0 radical (unpaired) electrons. The maximum atomic E-state index is 11.5. The molecule has 0 heterocycles. The predicted molar refractivity (Wildman–Crippen MR) is 59.9 cm³/mol. The molecular weight excluding hydrogens is 190 g/mol. The van der Waals surface area contributed by atoms with Crippen LogP contribution in [0.3, 0.4) is 0 Å². The van der Waals surface area contributed by atoms with E-state index in [1.165, 1.54) is 0 Å². The molecule has 0 amide bonds. The van der Waals surface area contributed by atoms with Crippen LogP contribution in [0.15, 0.2) is 30.3 Å². The van der Waals surface area contributed by atoms with Crippen molar-refractivity contribution in [3.63, 3.8) is 0 Å². The van der Waals surface area contributed by atoms with Crippen molar-refractivity contribution in [3.8, 4) is 5.75 Å². The van der Waals surface area contributed by atoms with Crippen LogP contribution in [0.5, 0.6) is 5.75 Å². The van der Waals surface area contributed by atoms with Crippen molar-refractivity contribution in [1.29, 1.82) is 0 Å². The number of carbonyl (C=O) groups excluding carboxylic acids is 1. The third-order valence-corrected chi connectivity index (χ3v) is 2.22. The summed E-state index contributed by atoms with van der Waals surface area (Å²) in [5, 5.41) is 0. The molecular formula is C12H17NO2. The molecule has 0 aromatic heterocycles. The summed E-state index contributed by atoms with van der Waals surface area (Å²) in [5.41, 5.74) is 0. The van der Waals surface area contributed by atoms with Crippen molar-refractivity contribution < 1.29 is 9.53 Å². The number of likely N-dealkylation sites (N-methyl/N-ethyl adjacent to an activating group) is 1. The minimum absolute atomic E-state index is 0.204. The summed E-state index contributed by atoms with van der Waals surface area (Å²) in [7, 11) is 0. The lowest BCUT2D eigenvalue weighted by molar-refractivity contribution is -0.135. The van der Waals surface area contributed by atoms with E-state index in [2.05, 4.69) is 0 Å². The number of carbonyl (C=O) groups is 1. The lowest BCUT2D eigenvalue weighted by Gasteiger charge is -2.16. The second-order valence-corrected chi connectivity index (χ2v) is 3.25. The zero-order valence-electron chi connectivity index (χ0n) is 9.27. The molecule has 0 saturated carbocycles. The standard InChI is InChI=1S/C12H17NO2/c1-3-13(4-2)10-12(14)15-11-8-6-5-7-9-11/h5-9H,3-4,10H2,1-2H3. The van der Waals surface area contributed by atoms with Gasteiger partial charge in [0.15, 0.2) is 0 Å². The van der Waals surface area contributed by atoms with Gasteiger partial charge in [-0.2, -0.15) is 0 Å². The largest absolute Gasteiger partial charge is 0.426 e. The molecule has 82 valence electrons. The number of nitrogens with zero attached hydrogens (tertiary/aromatic N) is 1. The van der Waals surface area contributed by atoms with Crippen molar-refractivity contribution in [2.45, 2.75) is 13.8 Å². The molecule has 0 aliphatic heterocycles. The minimum atomic E-state index is -0.204. The number of benzene rings is 1. The summed E-state index contributed by atoms with van der Waals surface area (Å²) >= 11 is 0. The highest BCUT2D eigenvalue weighted by Crippen LogP contribution is 2.08. The highest BCUT2D eigenvalue weighted by molar-refractivity contribution is 5.74. The molecule has 3 nitrogen and oxygen atoms in total. The van der Waals surface area contributed by atoms with Gasteiger partial charge < -0.3 is 4.74 Å². The van der Waals surface area contributed by atoms with E-state index in [0.717, 1.165) is 13.1 Å². The molecule has 0 spiro atoms. The molecule has 0 atom stereocenters. The van der Waals surface area contributed by atoms with Crippen LogP contribution >= 0.6 is 0 Å². The number of esters is 1. The van der Waals surface area contributed by atoms with Crippen molar-refractivity contribution in [3.05, 3.63) is 30.3 Å². The number of para-hydroxylation sites is 1. The molecule has 0 N–H and O–H groups in total. The normalized spacial score (nSPS) is 10.3. The monoisotopic (exact) mass is 207 g/mol. The highest BCUT2D eigenvalue weighted by Gasteiger charge is 2.08. The first-order valence-corrected chi connectivity index (χ1v) is 5.24. The Hall–Kier alpha value is -1.35. The summed E-state index contributed by atoms with van der Waals surface area (Å²) in [6.45, 7) is 6.13. The number of ether oxygens (including phenoxy) is 1. The van der Waals surface area contributed by atoms with Crippen LogP contribution in [0.1, 0.15) is 13.8 Å². The molecule has 0 aliphatic carbocycles. The van der Waals surface area contributed by atoms with Crippen LogP contribution < -0.4 is 4.74 Å². The van der Waals surface area contributed by atoms with Gasteiger partial charge >= 0.3 is 5.97 Å². The lowest BCUT2D eigenvalue weighted by Crippen LogP contribution is -2.31. The van der Waals surface area contributed by atoms with Crippen LogP contribution in [0, 0.1) is 0 Å². The van der Waals surface area contributed by atoms with E-state index < -0.39 is 0 Å². The third kappa shape index (κ3) is 4.13. The fourth-order valence-corrected chi connectivity index (χ4v) is 1.28. The summed E-state index contributed by atoms with van der Waals surface area (Å²) in [6, 6.07) is 9.14. The quantitative estimate of drug-likeness (QED) is 0.546. The Bertz CT molecular complexity index is 294. The Kier molecular flexibility index (Phi) is 4.84. The SMILES string of the molecule is CCN(CC)CC(=O)Oc1ccccc1. The van der Waals surface area contributed by atoms with Gasteiger partial charge in [0.1, 0.15) is 5.75 Å². The van der Waals surface area contributed by atoms with Crippen molar-refractivity contribution >= 4 is 5.97 Å². The molecule has 0 bridgehead atoms. The Balaban J connectivity index is 2.43. The maximum Gasteiger partial charge on any atom is 0.325 e. The molecule has 15 heavy (non-hydrogen) atoms. The smallest absolute Gasteiger partial charge is 0.325 e. The van der Waals surface area contributed by atoms with Crippen molar-refractivity contribution in [2.75, 3.05) is 19.6 Å². The fraction of sp³-hybridized carbons (Fsp3) is 0.417. The van der Waals surface area contributed by atoms with Crippen molar-refractivity contribution in [1.82, 2.24) is 4.90 Å². The zero-order valence-corrected chi connectivity index (χ0v) is 9.27. The Morgan fingerprint density at radius 1 is 1.20 bits per heavy atom. The van der Waals surface area contributed by atoms with E-state index in [0.29, 0.717) is 12.3 Å². The average molecular weight is 207 g/mol. The Labute approximate surface area is 90.7 Å². The molecule has 0 saturated heterocycles. The van der Waals surface area contributed by atoms with E-state index in [-0.39, 0.29) is 5.97 Å². The number of hydrogen-bond donors (Lipinski definition) is 0. The number of hydrogen-bond acceptors (Lipinski definition) is 3. The van der Waals surface area contributed by atoms with E-state index >= 15 is 0 Å². The van der Waals surface area contributed by atoms with Gasteiger partial charge in [0.25, 0.3) is 0 Å². The van der Waals surface area contributed by atoms with Gasteiger partial charge in [0, 0.05) is 0 Å². The van der Waals surface area contributed by atoms with Crippen LogP contribution in [-0.4, -0.2) is 30.5 Å². The van der Waals surface area contributed by atoms with E-state index in [1.807, 2.05) is 36.9 Å². The van der Waals surface area contributed by atoms with Gasteiger partial charge in [-0.3, -0.25) is 9.69 Å². The summed E-state index contributed by atoms with van der Waals surface area (Å²) < 4.78 is 5.17. The van der Waals surface area contributed by atoms with Gasteiger partial charge in [-0.05, 0) is 25.2 Å². The maximum absolute atomic E-state index is 11.5. The topological polar surface area (TPSA) is 29.5 Å². The first-order chi connectivity index (χ1) is 7.26. The Morgan fingerprint density at radius 3 is 2.33 bits per heavy atom. The first kappa shape index (κ1) is 11.7. The molecule has 3 heteroatoms. The zero-order chi connectivity index (χ0) is 11.1. The molecule has 0 unspecified atom stereocenters. The third-order valence-electron chi connectivity index (χ3n) is 2.22. The second kappa shape index (κ2) is 6.19. The Morgan fingerprint density at radius 2 is 1.80 bits per heavy atom. The van der Waals surface area contributed by atoms with Gasteiger partial charge in [0.05, 0.1) is 6.54 Å². The summed E-state index contributed by atoms with van der Waals surface area (Å²) in [4.78, 5) is 13.5. The summed E-state index contributed by atoms with van der Waals surface area (Å²) in [5.74, 6) is 0.402. The summed E-state index contributed by atoms with van der Waals surface area (Å²) in [6.07, 6.45) is 0. The van der Waals surface area contributed by atoms with Crippen LogP contribution in [-0.2, 0) is 4.79 Å². The van der Waals surface area contributed by atoms with Crippen LogP contribution in [0.2, 0.25) is 0 Å². The first-order valence-electron chi connectivity index (χ1n) is 5.24.